The lowest BCUT2D eigenvalue weighted by molar-refractivity contribution is 0.102. The van der Waals surface area contributed by atoms with E-state index < -0.39 is 17.5 Å². The highest BCUT2D eigenvalue weighted by Crippen LogP contribution is 2.37. The molecule has 0 fully saturated rings. The van der Waals surface area contributed by atoms with E-state index in [0.29, 0.717) is 24.3 Å². The van der Waals surface area contributed by atoms with Gasteiger partial charge in [0.2, 0.25) is 0 Å². The zero-order valence-electron chi connectivity index (χ0n) is 11.9. The molecule has 0 saturated heterocycles. The number of hydrogen-bond donors (Lipinski definition) is 2. The zero-order valence-corrected chi connectivity index (χ0v) is 12.7. The SMILES string of the molecule is N[C@H]1CCOc2c1ccc(Cl)c2C(=O)Nc1ccc(F)c(F)c1. The van der Waals surface area contributed by atoms with Crippen LogP contribution in [0.5, 0.6) is 5.75 Å². The fourth-order valence-corrected chi connectivity index (χ4v) is 2.68. The third-order valence-electron chi connectivity index (χ3n) is 3.62. The summed E-state index contributed by atoms with van der Waals surface area (Å²) < 4.78 is 31.7. The zero-order chi connectivity index (χ0) is 16.6. The number of rotatable bonds is 2. The summed E-state index contributed by atoms with van der Waals surface area (Å²) in [5.41, 5.74) is 6.94. The molecule has 0 bridgehead atoms. The first kappa shape index (κ1) is 15.7. The van der Waals surface area contributed by atoms with Gasteiger partial charge in [0.05, 0.1) is 11.6 Å². The van der Waals surface area contributed by atoms with Crippen LogP contribution in [0.2, 0.25) is 5.02 Å². The maximum Gasteiger partial charge on any atom is 0.260 e. The fourth-order valence-electron chi connectivity index (χ4n) is 2.44. The largest absolute Gasteiger partial charge is 0.492 e. The molecule has 2 aromatic carbocycles. The molecule has 3 rings (SSSR count). The molecule has 0 aliphatic carbocycles. The Kier molecular flexibility index (Phi) is 4.19. The van der Waals surface area contributed by atoms with Crippen molar-refractivity contribution in [2.75, 3.05) is 11.9 Å². The van der Waals surface area contributed by atoms with Crippen molar-refractivity contribution < 1.29 is 18.3 Å². The van der Waals surface area contributed by atoms with Crippen LogP contribution in [-0.4, -0.2) is 12.5 Å². The fraction of sp³-hybridized carbons (Fsp3) is 0.188. The summed E-state index contributed by atoms with van der Waals surface area (Å²) in [7, 11) is 0. The van der Waals surface area contributed by atoms with Gasteiger partial charge in [-0.3, -0.25) is 4.79 Å². The smallest absolute Gasteiger partial charge is 0.260 e. The van der Waals surface area contributed by atoms with Crippen molar-refractivity contribution in [2.45, 2.75) is 12.5 Å². The van der Waals surface area contributed by atoms with Crippen LogP contribution in [0.3, 0.4) is 0 Å². The van der Waals surface area contributed by atoms with E-state index in [-0.39, 0.29) is 22.3 Å². The molecule has 23 heavy (non-hydrogen) atoms. The molecule has 4 nitrogen and oxygen atoms in total. The highest BCUT2D eigenvalue weighted by molar-refractivity contribution is 6.35. The monoisotopic (exact) mass is 338 g/mol. The lowest BCUT2D eigenvalue weighted by Gasteiger charge is -2.25. The van der Waals surface area contributed by atoms with Crippen LogP contribution in [0, 0.1) is 11.6 Å². The van der Waals surface area contributed by atoms with Gasteiger partial charge in [-0.2, -0.15) is 0 Å². The number of carbonyl (C=O) groups is 1. The minimum Gasteiger partial charge on any atom is -0.492 e. The van der Waals surface area contributed by atoms with Crippen LogP contribution in [0.15, 0.2) is 30.3 Å². The van der Waals surface area contributed by atoms with Gasteiger partial charge in [0.25, 0.3) is 5.91 Å². The van der Waals surface area contributed by atoms with E-state index in [2.05, 4.69) is 5.32 Å². The van der Waals surface area contributed by atoms with E-state index in [1.807, 2.05) is 0 Å². The minimum atomic E-state index is -1.05. The molecule has 0 spiro atoms. The van der Waals surface area contributed by atoms with Crippen LogP contribution in [-0.2, 0) is 0 Å². The van der Waals surface area contributed by atoms with Crippen molar-refractivity contribution in [3.63, 3.8) is 0 Å². The lowest BCUT2D eigenvalue weighted by Crippen LogP contribution is -2.24. The van der Waals surface area contributed by atoms with E-state index in [1.165, 1.54) is 6.07 Å². The number of hydrogen-bond acceptors (Lipinski definition) is 3. The van der Waals surface area contributed by atoms with Crippen molar-refractivity contribution in [2.24, 2.45) is 5.73 Å². The van der Waals surface area contributed by atoms with Gasteiger partial charge in [-0.1, -0.05) is 17.7 Å². The molecular formula is C16H13ClF2N2O2. The highest BCUT2D eigenvalue weighted by Gasteiger charge is 2.26. The number of anilines is 1. The molecule has 120 valence electrons. The Labute approximate surface area is 136 Å². The normalized spacial score (nSPS) is 16.4. The van der Waals surface area contributed by atoms with E-state index in [1.54, 1.807) is 12.1 Å². The standard InChI is InChI=1S/C16H13ClF2N2O2/c17-10-3-2-9-13(20)5-6-23-15(9)14(10)16(22)21-8-1-4-11(18)12(19)7-8/h1-4,7,13H,5-6,20H2,(H,21,22)/t13-/m0/s1. The number of amides is 1. The molecule has 1 aliphatic rings. The summed E-state index contributed by atoms with van der Waals surface area (Å²) in [5.74, 6) is -2.29. The van der Waals surface area contributed by atoms with Crippen molar-refractivity contribution in [3.8, 4) is 5.75 Å². The minimum absolute atomic E-state index is 0.114. The summed E-state index contributed by atoms with van der Waals surface area (Å²) >= 11 is 6.11. The first-order valence-corrected chi connectivity index (χ1v) is 7.32. The van der Waals surface area contributed by atoms with Gasteiger partial charge in [0, 0.05) is 29.8 Å². The summed E-state index contributed by atoms with van der Waals surface area (Å²) in [6.45, 7) is 0.375. The molecule has 0 unspecified atom stereocenters. The molecular weight excluding hydrogens is 326 g/mol. The topological polar surface area (TPSA) is 64.3 Å². The Morgan fingerprint density at radius 1 is 1.26 bits per heavy atom. The number of fused-ring (bicyclic) bond motifs is 1. The van der Waals surface area contributed by atoms with Crippen LogP contribution in [0.4, 0.5) is 14.5 Å². The molecule has 1 aliphatic heterocycles. The van der Waals surface area contributed by atoms with Crippen LogP contribution in [0.25, 0.3) is 0 Å². The van der Waals surface area contributed by atoms with Gasteiger partial charge in [0.15, 0.2) is 11.6 Å². The number of benzene rings is 2. The van der Waals surface area contributed by atoms with Crippen molar-refractivity contribution in [1.82, 2.24) is 0 Å². The molecule has 2 aromatic rings. The van der Waals surface area contributed by atoms with Crippen molar-refractivity contribution in [3.05, 3.63) is 58.1 Å². The molecule has 1 amide bonds. The molecule has 0 radical (unpaired) electrons. The Morgan fingerprint density at radius 2 is 2.04 bits per heavy atom. The van der Waals surface area contributed by atoms with Crippen LogP contribution < -0.4 is 15.8 Å². The maximum absolute atomic E-state index is 13.2. The van der Waals surface area contributed by atoms with Crippen LogP contribution >= 0.6 is 11.6 Å². The van der Waals surface area contributed by atoms with Gasteiger partial charge < -0.3 is 15.8 Å². The average molecular weight is 339 g/mol. The Balaban J connectivity index is 1.96. The van der Waals surface area contributed by atoms with E-state index in [4.69, 9.17) is 22.1 Å². The molecule has 1 atom stereocenters. The number of halogens is 3. The van der Waals surface area contributed by atoms with Gasteiger partial charge in [-0.15, -0.1) is 0 Å². The third-order valence-corrected chi connectivity index (χ3v) is 3.93. The second-order valence-electron chi connectivity index (χ2n) is 5.17. The van der Waals surface area contributed by atoms with E-state index >= 15 is 0 Å². The highest BCUT2D eigenvalue weighted by atomic mass is 35.5. The first-order chi connectivity index (χ1) is 11.0. The van der Waals surface area contributed by atoms with Crippen molar-refractivity contribution in [1.29, 1.82) is 0 Å². The third kappa shape index (κ3) is 3.00. The number of carbonyl (C=O) groups excluding carboxylic acids is 1. The van der Waals surface area contributed by atoms with Gasteiger partial charge >= 0.3 is 0 Å². The number of ether oxygens (including phenoxy) is 1. The average Bonchev–Trinajstić information content (AvgIpc) is 2.51. The Hall–Kier alpha value is -2.18. The summed E-state index contributed by atoms with van der Waals surface area (Å²) in [6, 6.07) is 6.12. The molecule has 7 heteroatoms. The predicted octanol–water partition coefficient (Wildman–Crippen LogP) is 3.65. The van der Waals surface area contributed by atoms with E-state index in [9.17, 15) is 13.6 Å². The quantitative estimate of drug-likeness (QED) is 0.878. The van der Waals surface area contributed by atoms with Crippen molar-refractivity contribution >= 4 is 23.2 Å². The Morgan fingerprint density at radius 3 is 2.78 bits per heavy atom. The van der Waals surface area contributed by atoms with Gasteiger partial charge in [0.1, 0.15) is 11.3 Å². The van der Waals surface area contributed by atoms with Crippen LogP contribution in [0.1, 0.15) is 28.4 Å². The summed E-state index contributed by atoms with van der Waals surface area (Å²) in [5, 5.41) is 2.67. The summed E-state index contributed by atoms with van der Waals surface area (Å²) in [6.07, 6.45) is 0.638. The summed E-state index contributed by atoms with van der Waals surface area (Å²) in [4.78, 5) is 12.5. The number of nitrogens with two attached hydrogens (primary N) is 1. The van der Waals surface area contributed by atoms with Gasteiger partial charge in [-0.05, 0) is 18.2 Å². The Bertz CT molecular complexity index is 783. The lowest BCUT2D eigenvalue weighted by atomic mass is 9.98. The first-order valence-electron chi connectivity index (χ1n) is 6.94. The molecule has 3 N–H and O–H groups in total. The second kappa shape index (κ2) is 6.14. The molecule has 0 aromatic heterocycles. The molecule has 0 saturated carbocycles. The van der Waals surface area contributed by atoms with E-state index in [0.717, 1.165) is 12.1 Å². The predicted molar refractivity (Wildman–Crippen MR) is 82.8 cm³/mol. The maximum atomic E-state index is 13.2. The second-order valence-corrected chi connectivity index (χ2v) is 5.57. The van der Waals surface area contributed by atoms with Gasteiger partial charge in [-0.25, -0.2) is 8.78 Å². The molecule has 1 heterocycles. The number of nitrogens with one attached hydrogen (secondary N) is 1.